The summed E-state index contributed by atoms with van der Waals surface area (Å²) in [5, 5.41) is 9.28. The van der Waals surface area contributed by atoms with Gasteiger partial charge in [0, 0.05) is 19.3 Å². The van der Waals surface area contributed by atoms with Crippen LogP contribution < -0.4 is 0 Å². The van der Waals surface area contributed by atoms with Crippen LogP contribution >= 0.6 is 11.6 Å². The van der Waals surface area contributed by atoms with E-state index in [1.807, 2.05) is 0 Å². The summed E-state index contributed by atoms with van der Waals surface area (Å²) in [4.78, 5) is 24.3. The van der Waals surface area contributed by atoms with Gasteiger partial charge in [-0.25, -0.2) is 0 Å². The molecule has 2 rings (SSSR count). The Morgan fingerprint density at radius 1 is 1.59 bits per heavy atom. The van der Waals surface area contributed by atoms with E-state index >= 15 is 0 Å². The molecule has 17 heavy (non-hydrogen) atoms. The van der Waals surface area contributed by atoms with Gasteiger partial charge in [-0.15, -0.1) is 0 Å². The molecular formula is C11H13ClN2O3. The van der Waals surface area contributed by atoms with Gasteiger partial charge in [-0.1, -0.05) is 11.6 Å². The average molecular weight is 257 g/mol. The molecule has 1 N–H and O–H groups in total. The van der Waals surface area contributed by atoms with Gasteiger partial charge in [0.1, 0.15) is 12.2 Å². The quantitative estimate of drug-likeness (QED) is 0.885. The van der Waals surface area contributed by atoms with E-state index in [9.17, 15) is 9.59 Å². The molecule has 0 saturated heterocycles. The highest BCUT2D eigenvalue weighted by atomic mass is 35.5. The highest BCUT2D eigenvalue weighted by Crippen LogP contribution is 2.28. The summed E-state index contributed by atoms with van der Waals surface area (Å²) < 4.78 is 1.61. The molecule has 1 aliphatic rings. The molecule has 0 bridgehead atoms. The number of aryl methyl sites for hydroxylation is 1. The number of carboxylic acids is 1. The summed E-state index contributed by atoms with van der Waals surface area (Å²) in [5.74, 6) is -1.27. The average Bonchev–Trinajstić information content (AvgIpc) is 3.00. The van der Waals surface area contributed by atoms with Crippen LogP contribution in [0.2, 0.25) is 5.02 Å². The molecule has 0 unspecified atom stereocenters. The highest BCUT2D eigenvalue weighted by molar-refractivity contribution is 6.31. The first-order valence-electron chi connectivity index (χ1n) is 5.33. The third kappa shape index (κ3) is 2.61. The van der Waals surface area contributed by atoms with Crippen LogP contribution in [0.4, 0.5) is 0 Å². The van der Waals surface area contributed by atoms with Crippen molar-refractivity contribution in [3.05, 3.63) is 23.0 Å². The molecule has 0 aliphatic heterocycles. The fraction of sp³-hybridized carbons (Fsp3) is 0.455. The molecule has 0 aromatic carbocycles. The number of aliphatic carboxylic acids is 1. The summed E-state index contributed by atoms with van der Waals surface area (Å²) in [6.45, 7) is -0.258. The summed E-state index contributed by atoms with van der Waals surface area (Å²) in [5.41, 5.74) is 0.420. The largest absolute Gasteiger partial charge is 0.480 e. The molecule has 0 spiro atoms. The van der Waals surface area contributed by atoms with Crippen molar-refractivity contribution in [3.63, 3.8) is 0 Å². The van der Waals surface area contributed by atoms with E-state index < -0.39 is 5.97 Å². The van der Waals surface area contributed by atoms with E-state index in [-0.39, 0.29) is 18.5 Å². The maximum absolute atomic E-state index is 12.2. The van der Waals surface area contributed by atoms with Gasteiger partial charge >= 0.3 is 5.97 Å². The van der Waals surface area contributed by atoms with Gasteiger partial charge in [0.2, 0.25) is 0 Å². The molecule has 1 saturated carbocycles. The molecule has 92 valence electrons. The second-order valence-electron chi connectivity index (χ2n) is 4.21. The van der Waals surface area contributed by atoms with Crippen LogP contribution in [0, 0.1) is 0 Å². The van der Waals surface area contributed by atoms with Crippen molar-refractivity contribution in [1.82, 2.24) is 9.47 Å². The van der Waals surface area contributed by atoms with Crippen LogP contribution in [-0.4, -0.2) is 39.0 Å². The maximum Gasteiger partial charge on any atom is 0.323 e. The van der Waals surface area contributed by atoms with Crippen molar-refractivity contribution >= 4 is 23.5 Å². The Morgan fingerprint density at radius 3 is 2.65 bits per heavy atom. The zero-order valence-electron chi connectivity index (χ0n) is 9.39. The number of hydrogen-bond acceptors (Lipinski definition) is 2. The molecule has 0 radical (unpaired) electrons. The molecule has 1 aliphatic carbocycles. The summed E-state index contributed by atoms with van der Waals surface area (Å²) in [7, 11) is 1.71. The predicted octanol–water partition coefficient (Wildman–Crippen LogP) is 1.37. The lowest BCUT2D eigenvalue weighted by Gasteiger charge is -2.20. The van der Waals surface area contributed by atoms with E-state index in [0.717, 1.165) is 12.8 Å². The highest BCUT2D eigenvalue weighted by Gasteiger charge is 2.35. The van der Waals surface area contributed by atoms with E-state index in [0.29, 0.717) is 10.7 Å². The minimum absolute atomic E-state index is 0.0623. The lowest BCUT2D eigenvalue weighted by molar-refractivity contribution is -0.137. The van der Waals surface area contributed by atoms with E-state index in [1.165, 1.54) is 4.90 Å². The smallest absolute Gasteiger partial charge is 0.323 e. The minimum Gasteiger partial charge on any atom is -0.480 e. The van der Waals surface area contributed by atoms with Crippen LogP contribution in [0.3, 0.4) is 0 Å². The summed E-state index contributed by atoms with van der Waals surface area (Å²) in [6.07, 6.45) is 3.37. The third-order valence-corrected chi connectivity index (χ3v) is 2.95. The predicted molar refractivity (Wildman–Crippen MR) is 62.1 cm³/mol. The van der Waals surface area contributed by atoms with E-state index in [1.54, 1.807) is 23.9 Å². The van der Waals surface area contributed by atoms with Gasteiger partial charge in [0.25, 0.3) is 5.91 Å². The Bertz CT molecular complexity index is 465. The van der Waals surface area contributed by atoms with Crippen molar-refractivity contribution in [2.75, 3.05) is 6.54 Å². The fourth-order valence-electron chi connectivity index (χ4n) is 1.78. The Kier molecular flexibility index (Phi) is 3.11. The van der Waals surface area contributed by atoms with Gasteiger partial charge in [0.15, 0.2) is 0 Å². The first kappa shape index (κ1) is 12.0. The number of aromatic nitrogens is 1. The lowest BCUT2D eigenvalue weighted by Crippen LogP contribution is -2.38. The molecule has 1 heterocycles. The molecule has 1 fully saturated rings. The zero-order chi connectivity index (χ0) is 12.6. The van der Waals surface area contributed by atoms with Gasteiger partial charge in [-0.2, -0.15) is 0 Å². The van der Waals surface area contributed by atoms with Crippen LogP contribution in [0.25, 0.3) is 0 Å². The topological polar surface area (TPSA) is 62.5 Å². The Labute approximate surface area is 104 Å². The van der Waals surface area contributed by atoms with Crippen LogP contribution in [0.1, 0.15) is 23.3 Å². The first-order chi connectivity index (χ1) is 7.99. The van der Waals surface area contributed by atoms with Crippen LogP contribution in [0.5, 0.6) is 0 Å². The van der Waals surface area contributed by atoms with Crippen molar-refractivity contribution in [3.8, 4) is 0 Å². The molecule has 0 atom stereocenters. The van der Waals surface area contributed by atoms with E-state index in [2.05, 4.69) is 0 Å². The molecule has 1 aromatic rings. The van der Waals surface area contributed by atoms with Gasteiger partial charge in [-0.3, -0.25) is 9.59 Å². The molecule has 1 aromatic heterocycles. The number of carboxylic acid groups (broad SMARTS) is 1. The number of nitrogens with zero attached hydrogens (tertiary/aromatic N) is 2. The Balaban J connectivity index is 2.21. The first-order valence-corrected chi connectivity index (χ1v) is 5.71. The van der Waals surface area contributed by atoms with Gasteiger partial charge < -0.3 is 14.6 Å². The van der Waals surface area contributed by atoms with Crippen LogP contribution in [0.15, 0.2) is 12.3 Å². The molecule has 1 amide bonds. The second-order valence-corrected chi connectivity index (χ2v) is 4.65. The normalized spacial score (nSPS) is 14.7. The second kappa shape index (κ2) is 4.41. The summed E-state index contributed by atoms with van der Waals surface area (Å²) in [6, 6.07) is 1.62. The lowest BCUT2D eigenvalue weighted by atomic mass is 10.3. The van der Waals surface area contributed by atoms with Gasteiger partial charge in [0.05, 0.1) is 5.02 Å². The number of carbonyl (C=O) groups is 2. The number of halogens is 1. The molecule has 6 heteroatoms. The standard InChI is InChI=1S/C11H13ClN2O3/c1-13-5-7(12)4-9(13)11(17)14(6-10(15)16)8-2-3-8/h4-5,8H,2-3,6H2,1H3,(H,15,16). The molecule has 5 nitrogen and oxygen atoms in total. The summed E-state index contributed by atoms with van der Waals surface area (Å²) >= 11 is 5.81. The minimum atomic E-state index is -0.995. The maximum atomic E-state index is 12.2. The number of carbonyl (C=O) groups excluding carboxylic acids is 1. The third-order valence-electron chi connectivity index (χ3n) is 2.74. The van der Waals surface area contributed by atoms with Crippen molar-refractivity contribution in [2.45, 2.75) is 18.9 Å². The fourth-order valence-corrected chi connectivity index (χ4v) is 2.03. The monoisotopic (exact) mass is 256 g/mol. The van der Waals surface area contributed by atoms with Crippen molar-refractivity contribution in [1.29, 1.82) is 0 Å². The Morgan fingerprint density at radius 2 is 2.24 bits per heavy atom. The number of amides is 1. The van der Waals surface area contributed by atoms with Crippen molar-refractivity contribution in [2.24, 2.45) is 7.05 Å². The SMILES string of the molecule is Cn1cc(Cl)cc1C(=O)N(CC(=O)O)C1CC1. The Hall–Kier alpha value is -1.49. The molecular weight excluding hydrogens is 244 g/mol. The number of rotatable bonds is 4. The van der Waals surface area contributed by atoms with E-state index in [4.69, 9.17) is 16.7 Å². The van der Waals surface area contributed by atoms with Gasteiger partial charge in [-0.05, 0) is 18.9 Å². The number of hydrogen-bond donors (Lipinski definition) is 1. The van der Waals surface area contributed by atoms with Crippen LogP contribution in [-0.2, 0) is 11.8 Å². The van der Waals surface area contributed by atoms with Crippen molar-refractivity contribution < 1.29 is 14.7 Å². The zero-order valence-corrected chi connectivity index (χ0v) is 10.1.